The number of nitrogens with zero attached hydrogens (tertiary/aromatic N) is 1. The number of halogens is 1. The standard InChI is InChI=1S/C21H18ClNO/c1-16-9-11-19(12-10-16)23-14-17-5-4-7-20(13-17)24-15-18-6-2-3-8-21(18)22/h2-14H,15H2,1H3. The van der Waals surface area contributed by atoms with E-state index in [-0.39, 0.29) is 0 Å². The van der Waals surface area contributed by atoms with Crippen molar-refractivity contribution in [1.29, 1.82) is 0 Å². The first kappa shape index (κ1) is 16.3. The van der Waals surface area contributed by atoms with Crippen molar-refractivity contribution in [3.8, 4) is 5.75 Å². The number of benzene rings is 3. The van der Waals surface area contributed by atoms with Crippen molar-refractivity contribution in [3.63, 3.8) is 0 Å². The highest BCUT2D eigenvalue weighted by atomic mass is 35.5. The van der Waals surface area contributed by atoms with Crippen molar-refractivity contribution < 1.29 is 4.74 Å². The highest BCUT2D eigenvalue weighted by Crippen LogP contribution is 2.19. The molecule has 3 aromatic rings. The van der Waals surface area contributed by atoms with E-state index >= 15 is 0 Å². The molecular weight excluding hydrogens is 318 g/mol. The van der Waals surface area contributed by atoms with Gasteiger partial charge in [-0.05, 0) is 42.8 Å². The van der Waals surface area contributed by atoms with E-state index in [2.05, 4.69) is 24.0 Å². The zero-order valence-corrected chi connectivity index (χ0v) is 14.2. The minimum atomic E-state index is 0.443. The largest absolute Gasteiger partial charge is 0.489 e. The fourth-order valence-electron chi connectivity index (χ4n) is 2.24. The Morgan fingerprint density at radius 1 is 0.958 bits per heavy atom. The van der Waals surface area contributed by atoms with Crippen molar-refractivity contribution >= 4 is 23.5 Å². The number of hydrogen-bond donors (Lipinski definition) is 0. The lowest BCUT2D eigenvalue weighted by atomic mass is 10.2. The molecule has 0 fully saturated rings. The molecule has 0 heterocycles. The average molecular weight is 336 g/mol. The summed E-state index contributed by atoms with van der Waals surface area (Å²) in [5.74, 6) is 0.794. The lowest BCUT2D eigenvalue weighted by Gasteiger charge is -2.08. The monoisotopic (exact) mass is 335 g/mol. The van der Waals surface area contributed by atoms with Crippen LogP contribution in [-0.4, -0.2) is 6.21 Å². The van der Waals surface area contributed by atoms with Crippen LogP contribution in [0.1, 0.15) is 16.7 Å². The number of aliphatic imine (C=N–C) groups is 1. The molecule has 3 aromatic carbocycles. The van der Waals surface area contributed by atoms with Gasteiger partial charge in [-0.2, -0.15) is 0 Å². The van der Waals surface area contributed by atoms with E-state index in [1.54, 1.807) is 0 Å². The third-order valence-corrected chi connectivity index (χ3v) is 3.98. The van der Waals surface area contributed by atoms with E-state index in [0.29, 0.717) is 6.61 Å². The number of rotatable bonds is 5. The maximum absolute atomic E-state index is 6.15. The van der Waals surface area contributed by atoms with E-state index in [1.165, 1.54) is 5.56 Å². The topological polar surface area (TPSA) is 21.6 Å². The molecule has 0 radical (unpaired) electrons. The fourth-order valence-corrected chi connectivity index (χ4v) is 2.43. The Balaban J connectivity index is 1.67. The minimum absolute atomic E-state index is 0.443. The van der Waals surface area contributed by atoms with E-state index in [4.69, 9.17) is 16.3 Å². The molecule has 0 aliphatic rings. The van der Waals surface area contributed by atoms with Crippen molar-refractivity contribution in [2.45, 2.75) is 13.5 Å². The smallest absolute Gasteiger partial charge is 0.120 e. The lowest BCUT2D eigenvalue weighted by Crippen LogP contribution is -1.96. The molecule has 0 saturated carbocycles. The first-order valence-electron chi connectivity index (χ1n) is 7.78. The molecule has 0 N–H and O–H groups in total. The van der Waals surface area contributed by atoms with Gasteiger partial charge in [-0.3, -0.25) is 4.99 Å². The molecule has 24 heavy (non-hydrogen) atoms. The van der Waals surface area contributed by atoms with Crippen LogP contribution in [0, 0.1) is 6.92 Å². The summed E-state index contributed by atoms with van der Waals surface area (Å²) in [6, 6.07) is 23.7. The molecule has 0 aromatic heterocycles. The summed E-state index contributed by atoms with van der Waals surface area (Å²) in [5, 5.41) is 0.717. The van der Waals surface area contributed by atoms with Crippen LogP contribution in [0.25, 0.3) is 0 Å². The van der Waals surface area contributed by atoms with Crippen LogP contribution in [0.15, 0.2) is 77.8 Å². The Labute approximate surface area is 147 Å². The van der Waals surface area contributed by atoms with Crippen LogP contribution >= 0.6 is 11.6 Å². The average Bonchev–Trinajstić information content (AvgIpc) is 2.61. The SMILES string of the molecule is Cc1ccc(N=Cc2cccc(OCc3ccccc3Cl)c2)cc1. The molecule has 0 spiro atoms. The Kier molecular flexibility index (Phi) is 5.29. The maximum atomic E-state index is 6.15. The van der Waals surface area contributed by atoms with Gasteiger partial charge in [-0.25, -0.2) is 0 Å². The summed E-state index contributed by atoms with van der Waals surface area (Å²) in [6.45, 7) is 2.51. The van der Waals surface area contributed by atoms with E-state index in [1.807, 2.05) is 66.9 Å². The Morgan fingerprint density at radius 2 is 1.75 bits per heavy atom. The van der Waals surface area contributed by atoms with Crippen LogP contribution in [0.3, 0.4) is 0 Å². The summed E-state index contributed by atoms with van der Waals surface area (Å²) in [5.41, 5.74) is 4.12. The summed E-state index contributed by atoms with van der Waals surface area (Å²) >= 11 is 6.15. The van der Waals surface area contributed by atoms with E-state index in [0.717, 1.165) is 27.6 Å². The second kappa shape index (κ2) is 7.80. The molecule has 2 nitrogen and oxygen atoms in total. The zero-order chi connectivity index (χ0) is 16.8. The molecular formula is C21H18ClNO. The predicted molar refractivity (Wildman–Crippen MR) is 101 cm³/mol. The summed E-state index contributed by atoms with van der Waals surface area (Å²) in [4.78, 5) is 4.49. The van der Waals surface area contributed by atoms with Crippen LogP contribution in [0.4, 0.5) is 5.69 Å². The molecule has 0 saturated heterocycles. The lowest BCUT2D eigenvalue weighted by molar-refractivity contribution is 0.306. The highest BCUT2D eigenvalue weighted by molar-refractivity contribution is 6.31. The second-order valence-electron chi connectivity index (χ2n) is 5.55. The molecule has 0 bridgehead atoms. The van der Waals surface area contributed by atoms with Crippen molar-refractivity contribution in [2.24, 2.45) is 4.99 Å². The van der Waals surface area contributed by atoms with E-state index in [9.17, 15) is 0 Å². The van der Waals surface area contributed by atoms with Gasteiger partial charge in [0.05, 0.1) is 5.69 Å². The van der Waals surface area contributed by atoms with E-state index < -0.39 is 0 Å². The Morgan fingerprint density at radius 3 is 2.54 bits per heavy atom. The number of aryl methyl sites for hydroxylation is 1. The summed E-state index contributed by atoms with van der Waals surface area (Å²) < 4.78 is 5.84. The molecule has 0 amide bonds. The molecule has 0 aliphatic heterocycles. The van der Waals surface area contributed by atoms with Gasteiger partial charge in [-0.1, -0.05) is 59.6 Å². The number of ether oxygens (including phenoxy) is 1. The Hall–Kier alpha value is -2.58. The van der Waals surface area contributed by atoms with Gasteiger partial charge >= 0.3 is 0 Å². The molecule has 0 unspecified atom stereocenters. The van der Waals surface area contributed by atoms with Crippen molar-refractivity contribution in [1.82, 2.24) is 0 Å². The number of hydrogen-bond acceptors (Lipinski definition) is 2. The van der Waals surface area contributed by atoms with Crippen LogP contribution in [0.2, 0.25) is 5.02 Å². The van der Waals surface area contributed by atoms with Crippen molar-refractivity contribution in [2.75, 3.05) is 0 Å². The maximum Gasteiger partial charge on any atom is 0.120 e. The summed E-state index contributed by atoms with van der Waals surface area (Å²) in [6.07, 6.45) is 1.84. The molecule has 0 aliphatic carbocycles. The first-order chi connectivity index (χ1) is 11.7. The molecule has 3 rings (SSSR count). The zero-order valence-electron chi connectivity index (χ0n) is 13.4. The Bertz CT molecular complexity index is 840. The normalized spacial score (nSPS) is 10.9. The van der Waals surface area contributed by atoms with Crippen LogP contribution < -0.4 is 4.74 Å². The minimum Gasteiger partial charge on any atom is -0.489 e. The van der Waals surface area contributed by atoms with Gasteiger partial charge in [0, 0.05) is 16.8 Å². The van der Waals surface area contributed by atoms with Gasteiger partial charge in [0.25, 0.3) is 0 Å². The van der Waals surface area contributed by atoms with Crippen LogP contribution in [0.5, 0.6) is 5.75 Å². The quantitative estimate of drug-likeness (QED) is 0.526. The second-order valence-corrected chi connectivity index (χ2v) is 5.95. The van der Waals surface area contributed by atoms with Gasteiger partial charge in [0.15, 0.2) is 0 Å². The van der Waals surface area contributed by atoms with Crippen molar-refractivity contribution in [3.05, 3.63) is 94.5 Å². The third kappa shape index (κ3) is 4.46. The molecule has 3 heteroatoms. The van der Waals surface area contributed by atoms with Crippen LogP contribution in [-0.2, 0) is 6.61 Å². The predicted octanol–water partition coefficient (Wildman–Crippen LogP) is 5.98. The summed E-state index contributed by atoms with van der Waals surface area (Å²) in [7, 11) is 0. The fraction of sp³-hybridized carbons (Fsp3) is 0.0952. The molecule has 120 valence electrons. The highest BCUT2D eigenvalue weighted by Gasteiger charge is 2.01. The van der Waals surface area contributed by atoms with Gasteiger partial charge in [-0.15, -0.1) is 0 Å². The van der Waals surface area contributed by atoms with Gasteiger partial charge < -0.3 is 4.74 Å². The van der Waals surface area contributed by atoms with Gasteiger partial charge in [0.1, 0.15) is 12.4 Å². The first-order valence-corrected chi connectivity index (χ1v) is 8.15. The van der Waals surface area contributed by atoms with Gasteiger partial charge in [0.2, 0.25) is 0 Å². The third-order valence-electron chi connectivity index (χ3n) is 3.61. The molecule has 0 atom stereocenters.